The zero-order chi connectivity index (χ0) is 12.1. The van der Waals surface area contributed by atoms with Gasteiger partial charge in [-0.15, -0.1) is 0 Å². The molecule has 7 heteroatoms. The number of hydrogen-bond acceptors (Lipinski definition) is 3. The van der Waals surface area contributed by atoms with Crippen LogP contribution >= 0.6 is 31.9 Å². The second-order valence-corrected chi connectivity index (χ2v) is 5.28. The summed E-state index contributed by atoms with van der Waals surface area (Å²) in [5.41, 5.74) is 0. The molecule has 0 spiro atoms. The maximum Gasteiger partial charge on any atom is 0.322 e. The molecule has 1 rings (SSSR count). The van der Waals surface area contributed by atoms with E-state index in [0.29, 0.717) is 26.3 Å². The Bertz CT molecular complexity index is 221. The number of alkyl halides is 2. The molecule has 0 N–H and O–H groups in total. The molecule has 2 atom stereocenters. The third kappa shape index (κ3) is 3.09. The predicted molar refractivity (Wildman–Crippen MR) is 68.0 cm³/mol. The normalized spacial score (nSPS) is 25.6. The lowest BCUT2D eigenvalue weighted by Crippen LogP contribution is -2.36. The van der Waals surface area contributed by atoms with Gasteiger partial charge in [-0.2, -0.15) is 0 Å². The van der Waals surface area contributed by atoms with Crippen LogP contribution in [0.5, 0.6) is 0 Å². The number of halogens is 2. The topological polar surface area (TPSA) is 42.0 Å². The molecule has 1 fully saturated rings. The molecule has 0 bridgehead atoms. The second-order valence-electron chi connectivity index (χ2n) is 3.40. The van der Waals surface area contributed by atoms with E-state index in [2.05, 4.69) is 31.9 Å². The van der Waals surface area contributed by atoms with Crippen molar-refractivity contribution in [2.45, 2.75) is 9.90 Å². The van der Waals surface area contributed by atoms with E-state index in [1.165, 1.54) is 0 Å². The molecule has 94 valence electrons. The molecule has 2 unspecified atom stereocenters. The van der Waals surface area contributed by atoms with E-state index in [1.807, 2.05) is 0 Å². The molecule has 0 aliphatic carbocycles. The van der Waals surface area contributed by atoms with Gasteiger partial charge < -0.3 is 19.3 Å². The quantitative estimate of drug-likeness (QED) is 0.532. The van der Waals surface area contributed by atoms with Crippen molar-refractivity contribution in [3.8, 4) is 0 Å². The molecule has 0 radical (unpaired) electrons. The Morgan fingerprint density at radius 1 is 1.06 bits per heavy atom. The van der Waals surface area contributed by atoms with Gasteiger partial charge in [-0.05, 0) is 0 Å². The SMILES string of the molecule is COCCN1C(=O)N(CCOC)C(Br)C1Br. The van der Waals surface area contributed by atoms with Crippen LogP contribution in [0.1, 0.15) is 0 Å². The molecule has 0 aromatic carbocycles. The summed E-state index contributed by atoms with van der Waals surface area (Å²) >= 11 is 6.99. The molecular weight excluding hydrogens is 344 g/mol. The van der Waals surface area contributed by atoms with Crippen molar-refractivity contribution in [3.05, 3.63) is 0 Å². The zero-order valence-electron chi connectivity index (χ0n) is 9.36. The highest BCUT2D eigenvalue weighted by atomic mass is 79.9. The first kappa shape index (κ1) is 14.2. The van der Waals surface area contributed by atoms with Crippen molar-refractivity contribution in [2.75, 3.05) is 40.5 Å². The molecule has 0 aromatic heterocycles. The lowest BCUT2D eigenvalue weighted by atomic mass is 10.5. The summed E-state index contributed by atoms with van der Waals surface area (Å²) in [6.45, 7) is 2.23. The van der Waals surface area contributed by atoms with Gasteiger partial charge in [0.05, 0.1) is 13.2 Å². The minimum atomic E-state index is -0.0352. The highest BCUT2D eigenvalue weighted by Crippen LogP contribution is 2.30. The van der Waals surface area contributed by atoms with E-state index in [1.54, 1.807) is 24.0 Å². The molecule has 1 aliphatic rings. The molecule has 16 heavy (non-hydrogen) atoms. The first-order valence-corrected chi connectivity index (χ1v) is 6.80. The van der Waals surface area contributed by atoms with Gasteiger partial charge in [0, 0.05) is 27.3 Å². The lowest BCUT2D eigenvalue weighted by Gasteiger charge is -2.18. The number of carbonyl (C=O) groups is 1. The number of rotatable bonds is 6. The van der Waals surface area contributed by atoms with Gasteiger partial charge in [0.1, 0.15) is 9.90 Å². The van der Waals surface area contributed by atoms with Crippen LogP contribution in [0, 0.1) is 0 Å². The van der Waals surface area contributed by atoms with Gasteiger partial charge in [0.15, 0.2) is 0 Å². The van der Waals surface area contributed by atoms with Crippen molar-refractivity contribution in [1.82, 2.24) is 9.80 Å². The van der Waals surface area contributed by atoms with Crippen molar-refractivity contribution < 1.29 is 14.3 Å². The van der Waals surface area contributed by atoms with Crippen molar-refractivity contribution in [3.63, 3.8) is 0 Å². The first-order valence-electron chi connectivity index (χ1n) is 4.96. The third-order valence-corrected chi connectivity index (χ3v) is 5.09. The summed E-state index contributed by atoms with van der Waals surface area (Å²) in [5, 5.41) is 0. The fourth-order valence-electron chi connectivity index (χ4n) is 1.49. The van der Waals surface area contributed by atoms with Crippen LogP contribution in [0.3, 0.4) is 0 Å². The Morgan fingerprint density at radius 2 is 1.44 bits per heavy atom. The van der Waals surface area contributed by atoms with Crippen LogP contribution in [0.4, 0.5) is 4.79 Å². The van der Waals surface area contributed by atoms with Gasteiger partial charge in [-0.25, -0.2) is 4.79 Å². The molecule has 2 amide bonds. The van der Waals surface area contributed by atoms with Crippen LogP contribution < -0.4 is 0 Å². The van der Waals surface area contributed by atoms with E-state index in [-0.39, 0.29) is 15.9 Å². The number of amides is 2. The van der Waals surface area contributed by atoms with Gasteiger partial charge in [-0.3, -0.25) is 0 Å². The van der Waals surface area contributed by atoms with E-state index < -0.39 is 0 Å². The summed E-state index contributed by atoms with van der Waals surface area (Å²) in [4.78, 5) is 15.4. The highest BCUT2D eigenvalue weighted by Gasteiger charge is 2.42. The average Bonchev–Trinajstić information content (AvgIpc) is 2.47. The Hall–Kier alpha value is 0.150. The van der Waals surface area contributed by atoms with E-state index in [9.17, 15) is 4.79 Å². The van der Waals surface area contributed by atoms with Crippen molar-refractivity contribution in [2.24, 2.45) is 0 Å². The largest absolute Gasteiger partial charge is 0.383 e. The van der Waals surface area contributed by atoms with Crippen LogP contribution in [0.15, 0.2) is 0 Å². The second kappa shape index (κ2) is 6.78. The lowest BCUT2D eigenvalue weighted by molar-refractivity contribution is 0.141. The maximum atomic E-state index is 12.0. The Morgan fingerprint density at radius 3 is 1.75 bits per heavy atom. The average molecular weight is 360 g/mol. The van der Waals surface area contributed by atoms with Crippen LogP contribution in [0.2, 0.25) is 0 Å². The molecule has 1 saturated heterocycles. The fraction of sp³-hybridized carbons (Fsp3) is 0.889. The van der Waals surface area contributed by atoms with Gasteiger partial charge in [0.25, 0.3) is 0 Å². The third-order valence-electron chi connectivity index (χ3n) is 2.39. The molecular formula is C9H16Br2N2O3. The van der Waals surface area contributed by atoms with Gasteiger partial charge in [-0.1, -0.05) is 31.9 Å². The van der Waals surface area contributed by atoms with Crippen molar-refractivity contribution in [1.29, 1.82) is 0 Å². The van der Waals surface area contributed by atoms with E-state index in [4.69, 9.17) is 9.47 Å². The number of nitrogens with zero attached hydrogens (tertiary/aromatic N) is 2. The van der Waals surface area contributed by atoms with Crippen molar-refractivity contribution >= 4 is 37.9 Å². The molecule has 1 heterocycles. The fourth-order valence-corrected chi connectivity index (χ4v) is 2.82. The smallest absolute Gasteiger partial charge is 0.322 e. The molecule has 0 aromatic rings. The number of ether oxygens (including phenoxy) is 2. The molecule has 0 saturated carbocycles. The Balaban J connectivity index is 2.58. The van der Waals surface area contributed by atoms with E-state index >= 15 is 0 Å². The number of hydrogen-bond donors (Lipinski definition) is 0. The summed E-state index contributed by atoms with van der Waals surface area (Å²) in [6.07, 6.45) is 0. The standard InChI is InChI=1S/C9H16Br2N2O3/c1-15-5-3-12-7(10)8(11)13(9(12)14)4-6-16-2/h7-8H,3-6H2,1-2H3. The van der Waals surface area contributed by atoms with Gasteiger partial charge in [0.2, 0.25) is 0 Å². The number of urea groups is 1. The summed E-state index contributed by atoms with van der Waals surface area (Å²) in [7, 11) is 3.25. The monoisotopic (exact) mass is 358 g/mol. The predicted octanol–water partition coefficient (Wildman–Crippen LogP) is 1.46. The van der Waals surface area contributed by atoms with Crippen LogP contribution in [0.25, 0.3) is 0 Å². The Kier molecular flexibility index (Phi) is 6.02. The Labute approximate surface area is 112 Å². The molecule has 1 aliphatic heterocycles. The summed E-state index contributed by atoms with van der Waals surface area (Å²) in [6, 6.07) is -0.00199. The summed E-state index contributed by atoms with van der Waals surface area (Å²) < 4.78 is 9.96. The minimum absolute atomic E-state index is 0.00199. The maximum absolute atomic E-state index is 12.0. The van der Waals surface area contributed by atoms with Gasteiger partial charge >= 0.3 is 6.03 Å². The zero-order valence-corrected chi connectivity index (χ0v) is 12.5. The number of carbonyl (C=O) groups excluding carboxylic acids is 1. The van der Waals surface area contributed by atoms with E-state index in [0.717, 1.165) is 0 Å². The number of methoxy groups -OCH3 is 2. The molecule has 5 nitrogen and oxygen atoms in total. The highest BCUT2D eigenvalue weighted by molar-refractivity contribution is 9.12. The van der Waals surface area contributed by atoms with Crippen LogP contribution in [-0.2, 0) is 9.47 Å². The summed E-state index contributed by atoms with van der Waals surface area (Å²) in [5.74, 6) is 0. The minimum Gasteiger partial charge on any atom is -0.383 e. The first-order chi connectivity index (χ1) is 7.63. The van der Waals surface area contributed by atoms with Crippen LogP contribution in [-0.4, -0.2) is 66.3 Å².